The van der Waals surface area contributed by atoms with Gasteiger partial charge in [-0.1, -0.05) is 13.8 Å². The molecule has 0 saturated carbocycles. The standard InChI is InChI=1S/C12H23N5/c1-8(2)5-6-9(3)15-11-7-10(14-4)16-12(13)17-11/h7-9H,5-6H2,1-4H3,(H4,13,14,15,16,17). The van der Waals surface area contributed by atoms with Crippen LogP contribution in [0.3, 0.4) is 0 Å². The minimum absolute atomic E-state index is 0.287. The van der Waals surface area contributed by atoms with Gasteiger partial charge in [-0.3, -0.25) is 0 Å². The van der Waals surface area contributed by atoms with Gasteiger partial charge in [0.25, 0.3) is 0 Å². The van der Waals surface area contributed by atoms with Crippen LogP contribution in [0.15, 0.2) is 6.07 Å². The van der Waals surface area contributed by atoms with Gasteiger partial charge in [-0.15, -0.1) is 0 Å². The molecule has 0 amide bonds. The van der Waals surface area contributed by atoms with Crippen molar-refractivity contribution in [3.05, 3.63) is 6.07 Å². The van der Waals surface area contributed by atoms with Crippen molar-refractivity contribution < 1.29 is 0 Å². The normalized spacial score (nSPS) is 12.5. The smallest absolute Gasteiger partial charge is 0.223 e. The molecule has 0 fully saturated rings. The molecule has 1 aromatic rings. The van der Waals surface area contributed by atoms with Gasteiger partial charge in [-0.25, -0.2) is 0 Å². The van der Waals surface area contributed by atoms with Gasteiger partial charge in [-0.2, -0.15) is 9.97 Å². The zero-order valence-electron chi connectivity index (χ0n) is 11.1. The van der Waals surface area contributed by atoms with Crippen LogP contribution in [0.1, 0.15) is 33.6 Å². The second-order valence-corrected chi connectivity index (χ2v) is 4.76. The number of nitrogens with one attached hydrogen (secondary N) is 2. The molecular weight excluding hydrogens is 214 g/mol. The Bertz CT molecular complexity index is 351. The summed E-state index contributed by atoms with van der Waals surface area (Å²) >= 11 is 0. The molecule has 1 unspecified atom stereocenters. The van der Waals surface area contributed by atoms with E-state index in [4.69, 9.17) is 5.73 Å². The number of rotatable bonds is 6. The minimum Gasteiger partial charge on any atom is -0.373 e. The number of hydrogen-bond acceptors (Lipinski definition) is 5. The lowest BCUT2D eigenvalue weighted by Gasteiger charge is -2.16. The monoisotopic (exact) mass is 237 g/mol. The van der Waals surface area contributed by atoms with Crippen molar-refractivity contribution in [3.8, 4) is 0 Å². The van der Waals surface area contributed by atoms with Gasteiger partial charge in [0.15, 0.2) is 0 Å². The van der Waals surface area contributed by atoms with Gasteiger partial charge in [0.1, 0.15) is 11.6 Å². The SMILES string of the molecule is CNc1cc(NC(C)CCC(C)C)nc(N)n1. The first-order chi connectivity index (χ1) is 8.01. The Labute approximate surface area is 103 Å². The predicted molar refractivity (Wildman–Crippen MR) is 73.1 cm³/mol. The Hall–Kier alpha value is -1.52. The molecule has 1 aromatic heterocycles. The van der Waals surface area contributed by atoms with E-state index < -0.39 is 0 Å². The van der Waals surface area contributed by atoms with Crippen LogP contribution in [0, 0.1) is 5.92 Å². The molecular formula is C12H23N5. The lowest BCUT2D eigenvalue weighted by atomic mass is 10.0. The van der Waals surface area contributed by atoms with E-state index in [-0.39, 0.29) is 5.95 Å². The zero-order valence-corrected chi connectivity index (χ0v) is 11.1. The number of hydrogen-bond donors (Lipinski definition) is 3. The van der Waals surface area contributed by atoms with E-state index in [0.717, 1.165) is 24.0 Å². The summed E-state index contributed by atoms with van der Waals surface area (Å²) in [5, 5.41) is 6.30. The van der Waals surface area contributed by atoms with E-state index in [1.54, 1.807) is 0 Å². The van der Waals surface area contributed by atoms with Gasteiger partial charge in [0, 0.05) is 19.2 Å². The Balaban J connectivity index is 2.58. The first kappa shape index (κ1) is 13.5. The van der Waals surface area contributed by atoms with Crippen molar-refractivity contribution in [1.82, 2.24) is 9.97 Å². The van der Waals surface area contributed by atoms with Crippen LogP contribution in [-0.4, -0.2) is 23.1 Å². The maximum atomic E-state index is 5.63. The highest BCUT2D eigenvalue weighted by atomic mass is 15.1. The van der Waals surface area contributed by atoms with Crippen molar-refractivity contribution in [1.29, 1.82) is 0 Å². The van der Waals surface area contributed by atoms with Crippen LogP contribution in [0.2, 0.25) is 0 Å². The number of aromatic nitrogens is 2. The first-order valence-corrected chi connectivity index (χ1v) is 6.10. The summed E-state index contributed by atoms with van der Waals surface area (Å²) in [6.45, 7) is 6.61. The van der Waals surface area contributed by atoms with Crippen molar-refractivity contribution in [2.75, 3.05) is 23.4 Å². The van der Waals surface area contributed by atoms with Crippen LogP contribution in [0.5, 0.6) is 0 Å². The van der Waals surface area contributed by atoms with Crippen LogP contribution in [-0.2, 0) is 0 Å². The Morgan fingerprint density at radius 3 is 2.41 bits per heavy atom. The summed E-state index contributed by atoms with van der Waals surface area (Å²) in [6.07, 6.45) is 2.32. The van der Waals surface area contributed by atoms with Gasteiger partial charge in [0.2, 0.25) is 5.95 Å². The third-order valence-corrected chi connectivity index (χ3v) is 2.57. The summed E-state index contributed by atoms with van der Waals surface area (Å²) < 4.78 is 0. The van der Waals surface area contributed by atoms with Crippen LogP contribution in [0.4, 0.5) is 17.6 Å². The predicted octanol–water partition coefficient (Wildman–Crippen LogP) is 2.34. The first-order valence-electron chi connectivity index (χ1n) is 6.10. The van der Waals surface area contributed by atoms with E-state index in [0.29, 0.717) is 6.04 Å². The molecule has 0 saturated heterocycles. The molecule has 0 aromatic carbocycles. The van der Waals surface area contributed by atoms with Gasteiger partial charge in [-0.05, 0) is 25.7 Å². The Morgan fingerprint density at radius 1 is 1.18 bits per heavy atom. The van der Waals surface area contributed by atoms with E-state index in [1.807, 2.05) is 13.1 Å². The number of anilines is 3. The lowest BCUT2D eigenvalue weighted by molar-refractivity contribution is 0.527. The number of nitrogens with two attached hydrogens (primary N) is 1. The molecule has 0 aliphatic heterocycles. The van der Waals surface area contributed by atoms with E-state index in [1.165, 1.54) is 6.42 Å². The second kappa shape index (κ2) is 6.27. The largest absolute Gasteiger partial charge is 0.373 e. The van der Waals surface area contributed by atoms with E-state index in [9.17, 15) is 0 Å². The molecule has 0 bridgehead atoms. The number of nitrogens with zero attached hydrogens (tertiary/aromatic N) is 2. The summed E-state index contributed by atoms with van der Waals surface area (Å²) in [5.41, 5.74) is 5.63. The fraction of sp³-hybridized carbons (Fsp3) is 0.667. The van der Waals surface area contributed by atoms with Crippen LogP contribution < -0.4 is 16.4 Å². The third kappa shape index (κ3) is 4.89. The second-order valence-electron chi connectivity index (χ2n) is 4.76. The summed E-state index contributed by atoms with van der Waals surface area (Å²) in [4.78, 5) is 8.21. The quantitative estimate of drug-likeness (QED) is 0.708. The zero-order chi connectivity index (χ0) is 12.8. The molecule has 0 aliphatic rings. The molecule has 1 atom stereocenters. The van der Waals surface area contributed by atoms with Crippen molar-refractivity contribution in [3.63, 3.8) is 0 Å². The van der Waals surface area contributed by atoms with E-state index >= 15 is 0 Å². The topological polar surface area (TPSA) is 75.9 Å². The fourth-order valence-electron chi connectivity index (χ4n) is 1.58. The van der Waals surface area contributed by atoms with Crippen LogP contribution in [0.25, 0.3) is 0 Å². The molecule has 0 spiro atoms. The maximum Gasteiger partial charge on any atom is 0.223 e. The Kier molecular flexibility index (Phi) is 5.00. The molecule has 5 nitrogen and oxygen atoms in total. The number of nitrogen functional groups attached to an aromatic ring is 1. The average Bonchev–Trinajstić information content (AvgIpc) is 2.25. The minimum atomic E-state index is 0.287. The summed E-state index contributed by atoms with van der Waals surface area (Å²) in [7, 11) is 1.81. The van der Waals surface area contributed by atoms with Crippen molar-refractivity contribution in [2.45, 2.75) is 39.7 Å². The highest BCUT2D eigenvalue weighted by Gasteiger charge is 2.06. The van der Waals surface area contributed by atoms with Crippen LogP contribution >= 0.6 is 0 Å². The lowest BCUT2D eigenvalue weighted by Crippen LogP contribution is -2.17. The van der Waals surface area contributed by atoms with Crippen molar-refractivity contribution in [2.24, 2.45) is 5.92 Å². The van der Waals surface area contributed by atoms with Gasteiger partial charge >= 0.3 is 0 Å². The summed E-state index contributed by atoms with van der Waals surface area (Å²) in [6, 6.07) is 2.25. The molecule has 17 heavy (non-hydrogen) atoms. The maximum absolute atomic E-state index is 5.63. The average molecular weight is 237 g/mol. The molecule has 1 rings (SSSR count). The molecule has 0 aliphatic carbocycles. The van der Waals surface area contributed by atoms with E-state index in [2.05, 4.69) is 41.4 Å². The molecule has 4 N–H and O–H groups in total. The molecule has 0 radical (unpaired) electrons. The third-order valence-electron chi connectivity index (χ3n) is 2.57. The van der Waals surface area contributed by atoms with Gasteiger partial charge in [0.05, 0.1) is 0 Å². The summed E-state index contributed by atoms with van der Waals surface area (Å²) in [5.74, 6) is 2.52. The highest BCUT2D eigenvalue weighted by Crippen LogP contribution is 2.15. The fourth-order valence-corrected chi connectivity index (χ4v) is 1.58. The van der Waals surface area contributed by atoms with Gasteiger partial charge < -0.3 is 16.4 Å². The molecule has 1 heterocycles. The highest BCUT2D eigenvalue weighted by molar-refractivity contribution is 5.50. The van der Waals surface area contributed by atoms with Crippen molar-refractivity contribution >= 4 is 17.6 Å². The molecule has 96 valence electrons. The molecule has 5 heteroatoms. The Morgan fingerprint density at radius 2 is 1.82 bits per heavy atom.